The predicted octanol–water partition coefficient (Wildman–Crippen LogP) is 1.87. The average molecular weight is 179 g/mol. The van der Waals surface area contributed by atoms with Crippen LogP contribution in [0.5, 0.6) is 0 Å². The monoisotopic (exact) mass is 179 g/mol. The number of hydrogen-bond acceptors (Lipinski definition) is 2. The number of thioether (sulfide) groups is 1. The van der Waals surface area contributed by atoms with Gasteiger partial charge in [0.05, 0.1) is 5.75 Å². The summed E-state index contributed by atoms with van der Waals surface area (Å²) in [4.78, 5) is 11.1. The number of hydrogen-bond donors (Lipinski definition) is 1. The van der Waals surface area contributed by atoms with Crippen LogP contribution in [0.4, 0.5) is 5.69 Å². The third-order valence-electron chi connectivity index (χ3n) is 1.78. The van der Waals surface area contributed by atoms with Crippen molar-refractivity contribution < 1.29 is 4.79 Å². The molecule has 1 N–H and O–H groups in total. The molecule has 0 saturated carbocycles. The van der Waals surface area contributed by atoms with Gasteiger partial charge in [-0.2, -0.15) is 0 Å². The number of benzene rings is 1. The molecule has 1 aliphatic rings. The van der Waals surface area contributed by atoms with Gasteiger partial charge in [0.2, 0.25) is 5.91 Å². The van der Waals surface area contributed by atoms with Gasteiger partial charge in [0, 0.05) is 11.4 Å². The Morgan fingerprint density at radius 1 is 1.25 bits per heavy atom. The first kappa shape index (κ1) is 7.68. The summed E-state index contributed by atoms with van der Waals surface area (Å²) < 4.78 is 0. The fourth-order valence-corrected chi connectivity index (χ4v) is 2.04. The van der Waals surface area contributed by atoms with E-state index in [0.717, 1.165) is 11.4 Å². The number of nitrogens with one attached hydrogen (secondary N) is 1. The molecule has 1 aliphatic heterocycles. The second kappa shape index (κ2) is 3.19. The van der Waals surface area contributed by atoms with Gasteiger partial charge >= 0.3 is 0 Å². The zero-order valence-corrected chi connectivity index (χ0v) is 7.36. The van der Waals surface area contributed by atoms with Crippen LogP contribution in [0.3, 0.4) is 0 Å². The number of rotatable bonds is 0. The SMILES string of the molecule is O=C1CSCc2ccccc2N1. The normalized spacial score (nSPS) is 16.2. The van der Waals surface area contributed by atoms with Crippen LogP contribution >= 0.6 is 11.8 Å². The van der Waals surface area contributed by atoms with Crippen molar-refractivity contribution >= 4 is 23.4 Å². The molecular weight excluding hydrogens is 170 g/mol. The molecule has 0 aromatic heterocycles. The lowest BCUT2D eigenvalue weighted by molar-refractivity contribution is -0.113. The van der Waals surface area contributed by atoms with Crippen LogP contribution in [0, 0.1) is 0 Å². The smallest absolute Gasteiger partial charge is 0.234 e. The van der Waals surface area contributed by atoms with Gasteiger partial charge in [0.25, 0.3) is 0 Å². The largest absolute Gasteiger partial charge is 0.325 e. The van der Waals surface area contributed by atoms with Gasteiger partial charge in [0.15, 0.2) is 0 Å². The standard InChI is InChI=1S/C9H9NOS/c11-9-6-12-5-7-3-1-2-4-8(7)10-9/h1-4H,5-6H2,(H,10,11). The van der Waals surface area contributed by atoms with Crippen molar-refractivity contribution in [3.63, 3.8) is 0 Å². The van der Waals surface area contributed by atoms with Crippen LogP contribution < -0.4 is 5.32 Å². The second-order valence-electron chi connectivity index (χ2n) is 2.70. The van der Waals surface area contributed by atoms with Crippen LogP contribution in [-0.4, -0.2) is 11.7 Å². The summed E-state index contributed by atoms with van der Waals surface area (Å²) in [6, 6.07) is 7.93. The molecule has 1 amide bonds. The Morgan fingerprint density at radius 3 is 3.00 bits per heavy atom. The molecule has 62 valence electrons. The van der Waals surface area contributed by atoms with Gasteiger partial charge in [-0.25, -0.2) is 0 Å². The molecule has 0 saturated heterocycles. The molecule has 12 heavy (non-hydrogen) atoms. The van der Waals surface area contributed by atoms with E-state index < -0.39 is 0 Å². The second-order valence-corrected chi connectivity index (χ2v) is 3.68. The molecule has 0 fully saturated rings. The fraction of sp³-hybridized carbons (Fsp3) is 0.222. The molecule has 0 aliphatic carbocycles. The Kier molecular flexibility index (Phi) is 2.04. The van der Waals surface area contributed by atoms with Gasteiger partial charge in [-0.05, 0) is 11.6 Å². The van der Waals surface area contributed by atoms with Gasteiger partial charge in [-0.3, -0.25) is 4.79 Å². The molecule has 1 aromatic rings. The van der Waals surface area contributed by atoms with E-state index >= 15 is 0 Å². The maximum Gasteiger partial charge on any atom is 0.234 e. The van der Waals surface area contributed by atoms with Crippen molar-refractivity contribution in [2.75, 3.05) is 11.1 Å². The fourth-order valence-electron chi connectivity index (χ4n) is 1.21. The maximum atomic E-state index is 11.1. The Morgan fingerprint density at radius 2 is 2.08 bits per heavy atom. The predicted molar refractivity (Wildman–Crippen MR) is 51.2 cm³/mol. The first-order chi connectivity index (χ1) is 5.86. The van der Waals surface area contributed by atoms with E-state index in [0.29, 0.717) is 5.75 Å². The lowest BCUT2D eigenvalue weighted by Crippen LogP contribution is -2.12. The Bertz CT molecular complexity index is 311. The van der Waals surface area contributed by atoms with Crippen molar-refractivity contribution in [2.24, 2.45) is 0 Å². The molecule has 1 heterocycles. The highest BCUT2D eigenvalue weighted by Gasteiger charge is 2.11. The summed E-state index contributed by atoms with van der Waals surface area (Å²) in [5.41, 5.74) is 2.18. The number of fused-ring (bicyclic) bond motifs is 1. The van der Waals surface area contributed by atoms with Crippen LogP contribution in [-0.2, 0) is 10.5 Å². The quantitative estimate of drug-likeness (QED) is 0.658. The van der Waals surface area contributed by atoms with E-state index in [1.54, 1.807) is 11.8 Å². The molecule has 0 unspecified atom stereocenters. The van der Waals surface area contributed by atoms with Gasteiger partial charge in [-0.1, -0.05) is 18.2 Å². The van der Waals surface area contributed by atoms with Crippen LogP contribution in [0.25, 0.3) is 0 Å². The molecule has 2 nitrogen and oxygen atoms in total. The molecule has 2 rings (SSSR count). The molecule has 1 aromatic carbocycles. The molecule has 0 spiro atoms. The van der Waals surface area contributed by atoms with E-state index in [-0.39, 0.29) is 5.91 Å². The summed E-state index contributed by atoms with van der Waals surface area (Å²) in [7, 11) is 0. The third kappa shape index (κ3) is 1.46. The lowest BCUT2D eigenvalue weighted by atomic mass is 10.2. The molecule has 0 atom stereocenters. The van der Waals surface area contributed by atoms with Gasteiger partial charge in [0.1, 0.15) is 0 Å². The Balaban J connectivity index is 2.37. The Labute approximate surface area is 75.4 Å². The zero-order chi connectivity index (χ0) is 8.39. The summed E-state index contributed by atoms with van der Waals surface area (Å²) in [5, 5.41) is 2.86. The molecular formula is C9H9NOS. The van der Waals surface area contributed by atoms with Crippen molar-refractivity contribution in [3.05, 3.63) is 29.8 Å². The minimum Gasteiger partial charge on any atom is -0.325 e. The summed E-state index contributed by atoms with van der Waals surface area (Å²) in [6.07, 6.45) is 0. The van der Waals surface area contributed by atoms with Crippen LogP contribution in [0.1, 0.15) is 5.56 Å². The summed E-state index contributed by atoms with van der Waals surface area (Å²) >= 11 is 1.65. The van der Waals surface area contributed by atoms with Crippen molar-refractivity contribution in [2.45, 2.75) is 5.75 Å². The van der Waals surface area contributed by atoms with E-state index in [1.807, 2.05) is 24.3 Å². The van der Waals surface area contributed by atoms with Crippen LogP contribution in [0.15, 0.2) is 24.3 Å². The van der Waals surface area contributed by atoms with E-state index in [1.165, 1.54) is 5.56 Å². The van der Waals surface area contributed by atoms with Crippen molar-refractivity contribution in [1.29, 1.82) is 0 Å². The highest BCUT2D eigenvalue weighted by Crippen LogP contribution is 2.23. The number of para-hydroxylation sites is 1. The van der Waals surface area contributed by atoms with Crippen molar-refractivity contribution in [1.82, 2.24) is 0 Å². The van der Waals surface area contributed by atoms with Crippen LogP contribution in [0.2, 0.25) is 0 Å². The van der Waals surface area contributed by atoms with E-state index in [9.17, 15) is 4.79 Å². The highest BCUT2D eigenvalue weighted by atomic mass is 32.2. The molecule has 0 bridgehead atoms. The zero-order valence-electron chi connectivity index (χ0n) is 6.54. The van der Waals surface area contributed by atoms with E-state index in [2.05, 4.69) is 5.32 Å². The average Bonchev–Trinajstić information content (AvgIpc) is 2.25. The highest BCUT2D eigenvalue weighted by molar-refractivity contribution is 7.99. The minimum atomic E-state index is 0.102. The number of carbonyl (C=O) groups excluding carboxylic acids is 1. The number of anilines is 1. The number of carbonyl (C=O) groups is 1. The maximum absolute atomic E-state index is 11.1. The first-order valence-corrected chi connectivity index (χ1v) is 4.97. The topological polar surface area (TPSA) is 29.1 Å². The van der Waals surface area contributed by atoms with E-state index in [4.69, 9.17) is 0 Å². The summed E-state index contributed by atoms with van der Waals surface area (Å²) in [5.74, 6) is 1.59. The lowest BCUT2D eigenvalue weighted by Gasteiger charge is -2.03. The van der Waals surface area contributed by atoms with Gasteiger partial charge < -0.3 is 5.32 Å². The number of amides is 1. The molecule has 3 heteroatoms. The van der Waals surface area contributed by atoms with Gasteiger partial charge in [-0.15, -0.1) is 11.8 Å². The Hall–Kier alpha value is -0.960. The van der Waals surface area contributed by atoms with Crippen molar-refractivity contribution in [3.8, 4) is 0 Å². The first-order valence-electron chi connectivity index (χ1n) is 3.82. The minimum absolute atomic E-state index is 0.102. The third-order valence-corrected chi connectivity index (χ3v) is 2.76. The molecule has 0 radical (unpaired) electrons. The summed E-state index contributed by atoms with van der Waals surface area (Å²) in [6.45, 7) is 0.